The lowest BCUT2D eigenvalue weighted by molar-refractivity contribution is 1.07. The van der Waals surface area contributed by atoms with Crippen LogP contribution >= 0.6 is 22.7 Å². The van der Waals surface area contributed by atoms with Gasteiger partial charge in [-0.2, -0.15) is 0 Å². The Morgan fingerprint density at radius 3 is 1.62 bits per heavy atom. The van der Waals surface area contributed by atoms with Gasteiger partial charge in [-0.25, -0.2) is 15.0 Å². The normalized spacial score (nSPS) is 11.6. The number of rotatable bonds is 6. The predicted molar refractivity (Wildman–Crippen MR) is 238 cm³/mol. The van der Waals surface area contributed by atoms with Crippen LogP contribution in [0.3, 0.4) is 0 Å². The van der Waals surface area contributed by atoms with Gasteiger partial charge < -0.3 is 0 Å². The van der Waals surface area contributed by atoms with E-state index in [2.05, 4.69) is 164 Å². The zero-order chi connectivity index (χ0) is 37.0. The second-order valence-electron chi connectivity index (χ2n) is 14.0. The van der Waals surface area contributed by atoms with Gasteiger partial charge in [-0.15, -0.1) is 22.7 Å². The minimum atomic E-state index is 0.649. The molecule has 0 spiro atoms. The molecule has 3 heterocycles. The van der Waals surface area contributed by atoms with Crippen LogP contribution < -0.4 is 0 Å². The Labute approximate surface area is 331 Å². The SMILES string of the molecule is c1ccc(-c2cccc(-c3nc(-c4ccccc4)nc(-c4ccc5c(c4)sc4c(-c6cc(-c7ccccc7)c7c(c6)sc6ccccc67)cccc45)n3)c2)cc1. The Balaban J connectivity index is 1.06. The molecule has 0 aliphatic rings. The van der Waals surface area contributed by atoms with Gasteiger partial charge in [-0.3, -0.25) is 0 Å². The van der Waals surface area contributed by atoms with E-state index >= 15 is 0 Å². The van der Waals surface area contributed by atoms with Crippen LogP contribution in [0.15, 0.2) is 188 Å². The predicted octanol–water partition coefficient (Wildman–Crippen LogP) is 14.6. The summed E-state index contributed by atoms with van der Waals surface area (Å²) < 4.78 is 5.09. The van der Waals surface area contributed by atoms with Crippen molar-refractivity contribution in [3.63, 3.8) is 0 Å². The van der Waals surface area contributed by atoms with Crippen molar-refractivity contribution in [3.8, 4) is 67.5 Å². The molecule has 0 saturated heterocycles. The van der Waals surface area contributed by atoms with Gasteiger partial charge in [0.1, 0.15) is 0 Å². The first kappa shape index (κ1) is 32.6. The first-order chi connectivity index (χ1) is 27.7. The number of nitrogens with zero attached hydrogens (tertiary/aromatic N) is 3. The standard InChI is InChI=1S/C51H31N3S2/c1-4-14-32(15-5-1)35-20-12-21-36(28-35)50-52-49(34-18-8-3-9-19-34)53-51(54-50)37-26-27-40-41-24-13-23-39(48(41)56-45(40)30-37)38-29-43(33-16-6-2-7-17-33)47-42-22-10-11-25-44(42)55-46(47)31-38/h1-31H. The third-order valence-corrected chi connectivity index (χ3v) is 12.8. The Morgan fingerprint density at radius 1 is 0.286 bits per heavy atom. The highest BCUT2D eigenvalue weighted by atomic mass is 32.1. The Hall–Kier alpha value is -6.79. The van der Waals surface area contributed by atoms with E-state index in [1.165, 1.54) is 62.6 Å². The molecule has 56 heavy (non-hydrogen) atoms. The molecule has 0 amide bonds. The van der Waals surface area contributed by atoms with Crippen LogP contribution in [0, 0.1) is 0 Å². The van der Waals surface area contributed by atoms with E-state index in [0.717, 1.165) is 27.8 Å². The molecule has 262 valence electrons. The van der Waals surface area contributed by atoms with Gasteiger partial charge in [0, 0.05) is 57.0 Å². The van der Waals surface area contributed by atoms with Crippen molar-refractivity contribution in [1.29, 1.82) is 0 Å². The Bertz CT molecular complexity index is 3240. The maximum atomic E-state index is 5.13. The largest absolute Gasteiger partial charge is 0.208 e. The number of fused-ring (bicyclic) bond motifs is 6. The molecule has 11 aromatic rings. The van der Waals surface area contributed by atoms with E-state index in [1.54, 1.807) is 0 Å². The van der Waals surface area contributed by atoms with Gasteiger partial charge in [0.2, 0.25) is 0 Å². The molecule has 0 saturated carbocycles. The molecule has 0 aliphatic heterocycles. The molecule has 0 radical (unpaired) electrons. The number of hydrogen-bond donors (Lipinski definition) is 0. The summed E-state index contributed by atoms with van der Waals surface area (Å²) in [7, 11) is 0. The van der Waals surface area contributed by atoms with Crippen molar-refractivity contribution in [2.24, 2.45) is 0 Å². The van der Waals surface area contributed by atoms with Crippen molar-refractivity contribution in [1.82, 2.24) is 15.0 Å². The number of thiophene rings is 2. The van der Waals surface area contributed by atoms with Gasteiger partial charge in [0.15, 0.2) is 17.5 Å². The average molecular weight is 750 g/mol. The van der Waals surface area contributed by atoms with Crippen molar-refractivity contribution in [2.75, 3.05) is 0 Å². The fraction of sp³-hybridized carbons (Fsp3) is 0. The Morgan fingerprint density at radius 2 is 0.857 bits per heavy atom. The van der Waals surface area contributed by atoms with Gasteiger partial charge in [-0.1, -0.05) is 158 Å². The summed E-state index contributed by atoms with van der Waals surface area (Å²) in [5.41, 5.74) is 10.1. The number of benzene rings is 8. The molecule has 0 bridgehead atoms. The van der Waals surface area contributed by atoms with Crippen LogP contribution in [-0.2, 0) is 0 Å². The van der Waals surface area contributed by atoms with Crippen molar-refractivity contribution >= 4 is 63.0 Å². The fourth-order valence-corrected chi connectivity index (χ4v) is 10.3. The van der Waals surface area contributed by atoms with Crippen LogP contribution in [-0.4, -0.2) is 15.0 Å². The van der Waals surface area contributed by atoms with Gasteiger partial charge in [-0.05, 0) is 63.7 Å². The van der Waals surface area contributed by atoms with Crippen molar-refractivity contribution in [2.45, 2.75) is 0 Å². The molecule has 0 aliphatic carbocycles. The molecule has 0 unspecified atom stereocenters. The van der Waals surface area contributed by atoms with E-state index in [-0.39, 0.29) is 0 Å². The first-order valence-corrected chi connectivity index (χ1v) is 20.3. The monoisotopic (exact) mass is 749 g/mol. The van der Waals surface area contributed by atoms with E-state index in [0.29, 0.717) is 17.5 Å². The molecule has 3 aromatic heterocycles. The summed E-state index contributed by atoms with van der Waals surface area (Å²) in [5, 5.41) is 5.12. The van der Waals surface area contributed by atoms with Gasteiger partial charge in [0.05, 0.1) is 0 Å². The third kappa shape index (κ3) is 5.68. The average Bonchev–Trinajstić information content (AvgIpc) is 3.85. The van der Waals surface area contributed by atoms with Crippen LogP contribution in [0.2, 0.25) is 0 Å². The smallest absolute Gasteiger partial charge is 0.164 e. The maximum absolute atomic E-state index is 5.13. The van der Waals surface area contributed by atoms with Gasteiger partial charge in [0.25, 0.3) is 0 Å². The number of hydrogen-bond acceptors (Lipinski definition) is 5. The van der Waals surface area contributed by atoms with Crippen LogP contribution in [0.5, 0.6) is 0 Å². The molecule has 0 atom stereocenters. The summed E-state index contributed by atoms with van der Waals surface area (Å²) in [6.45, 7) is 0. The molecule has 3 nitrogen and oxygen atoms in total. The quantitative estimate of drug-likeness (QED) is 0.170. The summed E-state index contributed by atoms with van der Waals surface area (Å²) in [6, 6.07) is 66.8. The minimum Gasteiger partial charge on any atom is -0.208 e. The number of aromatic nitrogens is 3. The minimum absolute atomic E-state index is 0.649. The first-order valence-electron chi connectivity index (χ1n) is 18.7. The van der Waals surface area contributed by atoms with Crippen LogP contribution in [0.25, 0.3) is 108 Å². The van der Waals surface area contributed by atoms with Crippen molar-refractivity contribution < 1.29 is 0 Å². The molecule has 11 rings (SSSR count). The molecule has 8 aromatic carbocycles. The lowest BCUT2D eigenvalue weighted by Gasteiger charge is -2.10. The summed E-state index contributed by atoms with van der Waals surface area (Å²) in [4.78, 5) is 15.2. The molecule has 5 heteroatoms. The molecule has 0 fully saturated rings. The molecular formula is C51H31N3S2. The Kier molecular flexibility index (Phi) is 7.87. The maximum Gasteiger partial charge on any atom is 0.164 e. The lowest BCUT2D eigenvalue weighted by Crippen LogP contribution is -2.00. The molecule has 0 N–H and O–H groups in total. The van der Waals surface area contributed by atoms with E-state index in [1.807, 2.05) is 46.9 Å². The second-order valence-corrected chi connectivity index (χ2v) is 16.1. The lowest BCUT2D eigenvalue weighted by atomic mass is 9.94. The highest BCUT2D eigenvalue weighted by Gasteiger charge is 2.18. The third-order valence-electron chi connectivity index (χ3n) is 10.5. The van der Waals surface area contributed by atoms with Crippen molar-refractivity contribution in [3.05, 3.63) is 188 Å². The summed E-state index contributed by atoms with van der Waals surface area (Å²) in [6.07, 6.45) is 0. The topological polar surface area (TPSA) is 38.7 Å². The summed E-state index contributed by atoms with van der Waals surface area (Å²) >= 11 is 3.71. The highest BCUT2D eigenvalue weighted by molar-refractivity contribution is 7.26. The van der Waals surface area contributed by atoms with Gasteiger partial charge >= 0.3 is 0 Å². The van der Waals surface area contributed by atoms with Crippen LogP contribution in [0.4, 0.5) is 0 Å². The fourth-order valence-electron chi connectivity index (χ4n) is 7.84. The van der Waals surface area contributed by atoms with E-state index in [4.69, 9.17) is 15.0 Å². The summed E-state index contributed by atoms with van der Waals surface area (Å²) in [5.74, 6) is 1.96. The van der Waals surface area contributed by atoms with E-state index in [9.17, 15) is 0 Å². The molecular weight excluding hydrogens is 719 g/mol. The zero-order valence-electron chi connectivity index (χ0n) is 30.1. The second kappa shape index (κ2) is 13.5. The highest BCUT2D eigenvalue weighted by Crippen LogP contribution is 2.46. The van der Waals surface area contributed by atoms with Crippen LogP contribution in [0.1, 0.15) is 0 Å². The van der Waals surface area contributed by atoms with E-state index < -0.39 is 0 Å². The zero-order valence-corrected chi connectivity index (χ0v) is 31.7.